The van der Waals surface area contributed by atoms with Crippen LogP contribution in [0.25, 0.3) is 5.57 Å². The summed E-state index contributed by atoms with van der Waals surface area (Å²) in [6.07, 6.45) is 5.91. The highest BCUT2D eigenvalue weighted by Gasteiger charge is 2.23. The van der Waals surface area contributed by atoms with E-state index in [1.165, 1.54) is 12.1 Å². The van der Waals surface area contributed by atoms with Crippen molar-refractivity contribution in [3.05, 3.63) is 77.8 Å². The van der Waals surface area contributed by atoms with Crippen LogP contribution in [0.1, 0.15) is 5.56 Å². The minimum absolute atomic E-state index is 0.0198. The maximum atomic E-state index is 12.9. The van der Waals surface area contributed by atoms with Gasteiger partial charge in [-0.1, -0.05) is 24.3 Å². The lowest BCUT2D eigenvalue weighted by Crippen LogP contribution is -2.10. The fourth-order valence-electron chi connectivity index (χ4n) is 2.84. The number of allylic oxidation sites excluding steroid dienone is 1. The molecule has 0 saturated heterocycles. The van der Waals surface area contributed by atoms with Crippen LogP contribution < -0.4 is 10.5 Å². The molecule has 4 rings (SSSR count). The Hall–Kier alpha value is -3.21. The molecule has 0 saturated carbocycles. The van der Waals surface area contributed by atoms with Gasteiger partial charge in [-0.2, -0.15) is 0 Å². The van der Waals surface area contributed by atoms with Crippen molar-refractivity contribution in [1.82, 2.24) is 0 Å². The molecule has 2 aliphatic heterocycles. The van der Waals surface area contributed by atoms with Crippen molar-refractivity contribution in [1.29, 1.82) is 0 Å². The van der Waals surface area contributed by atoms with E-state index in [2.05, 4.69) is 16.1 Å². The second kappa shape index (κ2) is 6.36. The predicted octanol–water partition coefficient (Wildman–Crippen LogP) is 3.87. The maximum absolute atomic E-state index is 12.9. The summed E-state index contributed by atoms with van der Waals surface area (Å²) < 4.78 is 18.6. The zero-order chi connectivity index (χ0) is 17.2. The van der Waals surface area contributed by atoms with Crippen molar-refractivity contribution in [2.45, 2.75) is 0 Å². The van der Waals surface area contributed by atoms with Crippen molar-refractivity contribution in [2.24, 2.45) is 15.9 Å². The highest BCUT2D eigenvalue weighted by Crippen LogP contribution is 2.29. The SMILES string of the molecule is Nc1ccccc1C1=CC2C=C(COc3ccc(F)cc3)N=C2N=C1. The van der Waals surface area contributed by atoms with Crippen LogP contribution in [0.15, 0.2) is 76.4 Å². The Bertz CT molecular complexity index is 926. The van der Waals surface area contributed by atoms with Crippen molar-refractivity contribution in [2.75, 3.05) is 12.3 Å². The van der Waals surface area contributed by atoms with Gasteiger partial charge in [0.15, 0.2) is 0 Å². The molecule has 0 bridgehead atoms. The molecule has 2 aliphatic rings. The topological polar surface area (TPSA) is 60.0 Å². The number of ether oxygens (including phenoxy) is 1. The normalized spacial score (nSPS) is 18.3. The number of para-hydroxylation sites is 1. The van der Waals surface area contributed by atoms with Crippen LogP contribution in [-0.4, -0.2) is 18.7 Å². The molecule has 4 nitrogen and oxygen atoms in total. The highest BCUT2D eigenvalue weighted by molar-refractivity contribution is 6.19. The van der Waals surface area contributed by atoms with Gasteiger partial charge in [0.1, 0.15) is 24.0 Å². The van der Waals surface area contributed by atoms with E-state index in [1.54, 1.807) is 18.3 Å². The molecule has 0 aromatic heterocycles. The first-order valence-corrected chi connectivity index (χ1v) is 7.97. The van der Waals surface area contributed by atoms with E-state index in [4.69, 9.17) is 10.5 Å². The van der Waals surface area contributed by atoms with E-state index < -0.39 is 0 Å². The molecule has 5 heteroatoms. The molecule has 0 radical (unpaired) electrons. The summed E-state index contributed by atoms with van der Waals surface area (Å²) in [5.74, 6) is 1.09. The zero-order valence-corrected chi connectivity index (χ0v) is 13.4. The third kappa shape index (κ3) is 3.21. The Balaban J connectivity index is 1.49. The number of rotatable bonds is 4. The molecule has 25 heavy (non-hydrogen) atoms. The Morgan fingerprint density at radius 2 is 1.84 bits per heavy atom. The van der Waals surface area contributed by atoms with Crippen LogP contribution in [0.2, 0.25) is 0 Å². The van der Waals surface area contributed by atoms with Gasteiger partial charge < -0.3 is 10.5 Å². The minimum Gasteiger partial charge on any atom is -0.487 e. The number of halogens is 1. The smallest absolute Gasteiger partial charge is 0.139 e. The molecule has 124 valence electrons. The summed E-state index contributed by atoms with van der Waals surface area (Å²) in [6, 6.07) is 13.6. The first-order valence-electron chi connectivity index (χ1n) is 7.97. The average Bonchev–Trinajstić information content (AvgIpc) is 3.04. The maximum Gasteiger partial charge on any atom is 0.139 e. The largest absolute Gasteiger partial charge is 0.487 e. The lowest BCUT2D eigenvalue weighted by molar-refractivity contribution is 0.350. The van der Waals surface area contributed by atoms with Gasteiger partial charge in [-0.05, 0) is 42.0 Å². The lowest BCUT2D eigenvalue weighted by Gasteiger charge is -2.13. The molecule has 2 heterocycles. The summed E-state index contributed by atoms with van der Waals surface area (Å²) in [4.78, 5) is 8.95. The van der Waals surface area contributed by atoms with Crippen molar-refractivity contribution >= 4 is 23.3 Å². The number of dihydropyridines is 1. The van der Waals surface area contributed by atoms with E-state index in [0.29, 0.717) is 12.4 Å². The summed E-state index contributed by atoms with van der Waals surface area (Å²) in [7, 11) is 0. The second-order valence-electron chi connectivity index (χ2n) is 5.86. The summed E-state index contributed by atoms with van der Waals surface area (Å²) >= 11 is 0. The van der Waals surface area contributed by atoms with E-state index in [1.807, 2.05) is 30.3 Å². The van der Waals surface area contributed by atoms with Crippen LogP contribution in [0.4, 0.5) is 10.1 Å². The fraction of sp³-hybridized carbons (Fsp3) is 0.100. The number of fused-ring (bicyclic) bond motifs is 1. The molecule has 2 aromatic carbocycles. The number of amidine groups is 1. The quantitative estimate of drug-likeness (QED) is 0.864. The molecule has 2 N–H and O–H groups in total. The van der Waals surface area contributed by atoms with Gasteiger partial charge in [-0.3, -0.25) is 0 Å². The predicted molar refractivity (Wildman–Crippen MR) is 98.2 cm³/mol. The first kappa shape index (κ1) is 15.3. The van der Waals surface area contributed by atoms with Crippen molar-refractivity contribution < 1.29 is 9.13 Å². The number of nitrogens with two attached hydrogens (primary N) is 1. The van der Waals surface area contributed by atoms with E-state index in [-0.39, 0.29) is 11.7 Å². The Morgan fingerprint density at radius 1 is 1.04 bits per heavy atom. The molecule has 0 amide bonds. The number of anilines is 1. The number of nitrogens with zero attached hydrogens (tertiary/aromatic N) is 2. The van der Waals surface area contributed by atoms with Crippen LogP contribution in [0.5, 0.6) is 5.75 Å². The average molecular weight is 333 g/mol. The molecule has 0 fully saturated rings. The highest BCUT2D eigenvalue weighted by atomic mass is 19.1. The van der Waals surface area contributed by atoms with E-state index >= 15 is 0 Å². The van der Waals surface area contributed by atoms with Crippen LogP contribution in [-0.2, 0) is 0 Å². The molecular weight excluding hydrogens is 317 g/mol. The number of benzene rings is 2. The van der Waals surface area contributed by atoms with Crippen molar-refractivity contribution in [3.8, 4) is 5.75 Å². The summed E-state index contributed by atoms with van der Waals surface area (Å²) in [5.41, 5.74) is 9.53. The first-order chi connectivity index (χ1) is 12.2. The van der Waals surface area contributed by atoms with Crippen molar-refractivity contribution in [3.63, 3.8) is 0 Å². The standard InChI is InChI=1S/C20H16FN3O/c21-15-5-7-17(8-6-15)25-12-16-10-13-9-14(11-23-20(13)24-16)18-3-1-2-4-19(18)22/h1-11,13H,12,22H2. The van der Waals surface area contributed by atoms with Gasteiger partial charge >= 0.3 is 0 Å². The number of hydrogen-bond acceptors (Lipinski definition) is 4. The Morgan fingerprint density at radius 3 is 2.64 bits per heavy atom. The Kier molecular flexibility index (Phi) is 3.90. The van der Waals surface area contributed by atoms with Crippen LogP contribution in [0, 0.1) is 11.7 Å². The van der Waals surface area contributed by atoms with Gasteiger partial charge in [0.25, 0.3) is 0 Å². The third-order valence-corrected chi connectivity index (χ3v) is 4.10. The number of nitrogen functional groups attached to an aromatic ring is 1. The molecule has 1 unspecified atom stereocenters. The molecular formula is C20H16FN3O. The van der Waals surface area contributed by atoms with E-state index in [9.17, 15) is 4.39 Å². The van der Waals surface area contributed by atoms with Gasteiger partial charge in [-0.15, -0.1) is 0 Å². The fourth-order valence-corrected chi connectivity index (χ4v) is 2.84. The second-order valence-corrected chi connectivity index (χ2v) is 5.86. The van der Waals surface area contributed by atoms with Gasteiger partial charge in [0.05, 0.1) is 11.6 Å². The lowest BCUT2D eigenvalue weighted by atomic mass is 9.96. The summed E-state index contributed by atoms with van der Waals surface area (Å²) in [5, 5.41) is 0. The van der Waals surface area contributed by atoms with Gasteiger partial charge in [0.2, 0.25) is 0 Å². The zero-order valence-electron chi connectivity index (χ0n) is 13.4. The molecule has 0 spiro atoms. The number of aliphatic imine (C=N–C) groups is 2. The monoisotopic (exact) mass is 333 g/mol. The summed E-state index contributed by atoms with van der Waals surface area (Å²) in [6.45, 7) is 0.317. The van der Waals surface area contributed by atoms with Gasteiger partial charge in [0, 0.05) is 17.5 Å². The third-order valence-electron chi connectivity index (χ3n) is 4.10. The van der Waals surface area contributed by atoms with Gasteiger partial charge in [-0.25, -0.2) is 14.4 Å². The minimum atomic E-state index is -0.286. The molecule has 0 aliphatic carbocycles. The molecule has 1 atom stereocenters. The Labute approximate surface area is 144 Å². The van der Waals surface area contributed by atoms with E-state index in [0.717, 1.165) is 28.4 Å². The van der Waals surface area contributed by atoms with Crippen LogP contribution in [0.3, 0.4) is 0 Å². The molecule has 2 aromatic rings. The van der Waals surface area contributed by atoms with Crippen LogP contribution >= 0.6 is 0 Å². The number of hydrogen-bond donors (Lipinski definition) is 1.